The van der Waals surface area contributed by atoms with Crippen LogP contribution >= 0.6 is 0 Å². The predicted octanol–water partition coefficient (Wildman–Crippen LogP) is 5.31. The van der Waals surface area contributed by atoms with E-state index in [1.54, 1.807) is 0 Å². The third-order valence-electron chi connectivity index (χ3n) is 6.71. The lowest BCUT2D eigenvalue weighted by molar-refractivity contribution is -0.116. The molecule has 38 heavy (non-hydrogen) atoms. The number of hydrogen-bond acceptors (Lipinski definition) is 5. The summed E-state index contributed by atoms with van der Waals surface area (Å²) in [5, 5.41) is 16.5. The second-order valence-electron chi connectivity index (χ2n) is 9.58. The third-order valence-corrected chi connectivity index (χ3v) is 6.71. The van der Waals surface area contributed by atoms with E-state index in [4.69, 9.17) is 10.5 Å². The van der Waals surface area contributed by atoms with Crippen molar-refractivity contribution in [3.05, 3.63) is 90.0 Å². The van der Waals surface area contributed by atoms with Crippen molar-refractivity contribution in [2.45, 2.75) is 58.1 Å². The number of para-hydroxylation sites is 1. The molecule has 0 radical (unpaired) electrons. The minimum atomic E-state index is -0.830. The zero-order valence-corrected chi connectivity index (χ0v) is 22.4. The van der Waals surface area contributed by atoms with Crippen molar-refractivity contribution < 1.29 is 19.4 Å². The Morgan fingerprint density at radius 3 is 1.74 bits per heavy atom. The molecule has 0 saturated heterocycles. The van der Waals surface area contributed by atoms with Crippen LogP contribution in [-0.2, 0) is 9.59 Å². The monoisotopic (exact) mass is 517 g/mol. The minimum Gasteiger partial charge on any atom is -0.491 e. The lowest BCUT2D eigenvalue weighted by Crippen LogP contribution is -2.44. The van der Waals surface area contributed by atoms with Crippen LogP contribution in [0.2, 0.25) is 0 Å². The molecule has 0 heterocycles. The van der Waals surface area contributed by atoms with E-state index in [1.165, 1.54) is 0 Å². The highest BCUT2D eigenvalue weighted by molar-refractivity contribution is 5.91. The number of carbonyl (C=O) groups is 2. The summed E-state index contributed by atoms with van der Waals surface area (Å²) in [7, 11) is 0. The first-order chi connectivity index (χ1) is 18.3. The summed E-state index contributed by atoms with van der Waals surface area (Å²) in [6.45, 7) is 5.78. The fraction of sp³-hybridized carbons (Fsp3) is 0.355. The Bertz CT molecular complexity index is 1090. The summed E-state index contributed by atoms with van der Waals surface area (Å²) in [5.74, 6) is 0.573. The van der Waals surface area contributed by atoms with Crippen LogP contribution in [0.4, 0.5) is 11.4 Å². The second kappa shape index (κ2) is 14.3. The highest BCUT2D eigenvalue weighted by Gasteiger charge is 2.26. The Morgan fingerprint density at radius 2 is 1.29 bits per heavy atom. The molecule has 0 bridgehead atoms. The molecule has 3 rings (SSSR count). The molecule has 0 saturated carbocycles. The molecule has 202 valence electrons. The van der Waals surface area contributed by atoms with E-state index in [9.17, 15) is 14.7 Å². The Morgan fingerprint density at radius 1 is 0.816 bits per heavy atom. The Hall–Kier alpha value is -3.68. The number of anilines is 2. The van der Waals surface area contributed by atoms with Gasteiger partial charge in [0.25, 0.3) is 0 Å². The largest absolute Gasteiger partial charge is 0.491 e. The van der Waals surface area contributed by atoms with E-state index in [1.807, 2.05) is 99.6 Å². The fourth-order valence-electron chi connectivity index (χ4n) is 4.28. The van der Waals surface area contributed by atoms with Crippen molar-refractivity contribution in [1.82, 2.24) is 0 Å². The summed E-state index contributed by atoms with van der Waals surface area (Å²) in [6, 6.07) is 24.5. The van der Waals surface area contributed by atoms with Gasteiger partial charge in [0.1, 0.15) is 18.5 Å². The van der Waals surface area contributed by atoms with Crippen LogP contribution in [0.5, 0.6) is 5.75 Å². The highest BCUT2D eigenvalue weighted by Crippen LogP contribution is 2.34. The van der Waals surface area contributed by atoms with Gasteiger partial charge in [-0.25, -0.2) is 0 Å². The van der Waals surface area contributed by atoms with Crippen molar-refractivity contribution in [3.8, 4) is 5.75 Å². The minimum absolute atomic E-state index is 0.00912. The van der Waals surface area contributed by atoms with Gasteiger partial charge in [0, 0.05) is 36.2 Å². The first-order valence-corrected chi connectivity index (χ1v) is 13.2. The van der Waals surface area contributed by atoms with E-state index in [0.29, 0.717) is 25.0 Å². The molecule has 0 aromatic heterocycles. The molecule has 3 aromatic carbocycles. The van der Waals surface area contributed by atoms with E-state index >= 15 is 0 Å². The van der Waals surface area contributed by atoms with Crippen LogP contribution in [0.1, 0.15) is 57.1 Å². The maximum atomic E-state index is 11.8. The molecule has 5 N–H and O–H groups in total. The Labute approximate surface area is 225 Å². The van der Waals surface area contributed by atoms with Gasteiger partial charge in [-0.3, -0.25) is 9.59 Å². The number of benzene rings is 3. The number of nitrogens with one attached hydrogen (secondary N) is 2. The summed E-state index contributed by atoms with van der Waals surface area (Å²) < 4.78 is 5.72. The summed E-state index contributed by atoms with van der Waals surface area (Å²) in [5.41, 5.74) is 10.1. The van der Waals surface area contributed by atoms with E-state index in [2.05, 4.69) is 10.6 Å². The quantitative estimate of drug-likeness (QED) is 0.245. The van der Waals surface area contributed by atoms with Crippen LogP contribution in [0, 0.1) is 5.92 Å². The number of aliphatic hydroxyl groups is 1. The average molecular weight is 518 g/mol. The van der Waals surface area contributed by atoms with Gasteiger partial charge in [0.05, 0.1) is 0 Å². The van der Waals surface area contributed by atoms with Gasteiger partial charge in [-0.2, -0.15) is 0 Å². The summed E-state index contributed by atoms with van der Waals surface area (Å²) in [6.07, 6.45) is 0.683. The van der Waals surface area contributed by atoms with Crippen LogP contribution in [0.25, 0.3) is 0 Å². The SMILES string of the molecule is CCC(=O)Nc1ccc(C(CC(C)C(N)[C@@H](O)COc2ccccc2)c2ccc(NC(=O)CC)cc2)cc1. The molecule has 0 aliphatic rings. The third kappa shape index (κ3) is 8.43. The predicted molar refractivity (Wildman–Crippen MR) is 152 cm³/mol. The maximum absolute atomic E-state index is 11.8. The molecular weight excluding hydrogens is 478 g/mol. The van der Waals surface area contributed by atoms with E-state index in [-0.39, 0.29) is 30.3 Å². The van der Waals surface area contributed by atoms with Crippen molar-refractivity contribution in [2.75, 3.05) is 17.2 Å². The van der Waals surface area contributed by atoms with Crippen molar-refractivity contribution in [3.63, 3.8) is 0 Å². The smallest absolute Gasteiger partial charge is 0.224 e. The number of rotatable bonds is 13. The van der Waals surface area contributed by atoms with Crippen molar-refractivity contribution in [1.29, 1.82) is 0 Å². The van der Waals surface area contributed by atoms with Gasteiger partial charge in [-0.05, 0) is 59.9 Å². The standard InChI is InChI=1S/C31H39N3O4/c1-4-29(36)33-24-15-11-22(12-16-24)27(23-13-17-25(18-14-23)34-30(37)5-2)19-21(3)31(32)28(35)20-38-26-9-7-6-8-10-26/h6-18,21,27-28,31,35H,4-5,19-20,32H2,1-3H3,(H,33,36)(H,34,37)/t21?,28-,31?/m0/s1. The molecule has 0 spiro atoms. The molecule has 0 fully saturated rings. The van der Waals surface area contributed by atoms with Crippen molar-refractivity contribution in [2.24, 2.45) is 11.7 Å². The molecule has 7 heteroatoms. The molecule has 0 aliphatic carbocycles. The van der Waals surface area contributed by atoms with Gasteiger partial charge in [0.15, 0.2) is 0 Å². The van der Waals surface area contributed by atoms with Gasteiger partial charge in [-0.1, -0.05) is 63.2 Å². The van der Waals surface area contributed by atoms with Crippen LogP contribution < -0.4 is 21.1 Å². The fourth-order valence-corrected chi connectivity index (χ4v) is 4.28. The average Bonchev–Trinajstić information content (AvgIpc) is 2.95. The van der Waals surface area contributed by atoms with E-state index in [0.717, 1.165) is 22.5 Å². The summed E-state index contributed by atoms with van der Waals surface area (Å²) >= 11 is 0. The number of hydrogen-bond donors (Lipinski definition) is 4. The van der Waals surface area contributed by atoms with Gasteiger partial charge in [-0.15, -0.1) is 0 Å². The highest BCUT2D eigenvalue weighted by atomic mass is 16.5. The van der Waals surface area contributed by atoms with Crippen LogP contribution in [0.15, 0.2) is 78.9 Å². The number of ether oxygens (including phenoxy) is 1. The molecular formula is C31H39N3O4. The maximum Gasteiger partial charge on any atom is 0.224 e. The number of carbonyl (C=O) groups excluding carboxylic acids is 2. The van der Waals surface area contributed by atoms with Gasteiger partial charge < -0.3 is 26.2 Å². The first-order valence-electron chi connectivity index (χ1n) is 13.2. The van der Waals surface area contributed by atoms with Crippen molar-refractivity contribution >= 4 is 23.2 Å². The molecule has 3 atom stereocenters. The molecule has 2 unspecified atom stereocenters. The van der Waals surface area contributed by atoms with Crippen LogP contribution in [0.3, 0.4) is 0 Å². The second-order valence-corrected chi connectivity index (χ2v) is 9.58. The molecule has 3 aromatic rings. The van der Waals surface area contributed by atoms with E-state index < -0.39 is 12.1 Å². The Kier molecular flexibility index (Phi) is 10.9. The van der Waals surface area contributed by atoms with Gasteiger partial charge in [0.2, 0.25) is 11.8 Å². The first kappa shape index (κ1) is 28.9. The topological polar surface area (TPSA) is 114 Å². The Balaban J connectivity index is 1.77. The zero-order valence-electron chi connectivity index (χ0n) is 22.4. The number of nitrogens with two attached hydrogens (primary N) is 1. The lowest BCUT2D eigenvalue weighted by atomic mass is 9.81. The normalized spacial score (nSPS) is 13.4. The molecule has 2 amide bonds. The zero-order chi connectivity index (χ0) is 27.5. The van der Waals surface area contributed by atoms with Crippen LogP contribution in [-0.4, -0.2) is 35.7 Å². The number of aliphatic hydroxyl groups excluding tert-OH is 1. The lowest BCUT2D eigenvalue weighted by Gasteiger charge is -2.29. The molecule has 0 aliphatic heterocycles. The van der Waals surface area contributed by atoms with Gasteiger partial charge >= 0.3 is 0 Å². The summed E-state index contributed by atoms with van der Waals surface area (Å²) in [4.78, 5) is 23.6. The molecule has 7 nitrogen and oxygen atoms in total. The number of amides is 2.